The SMILES string of the molecule is CCN1CCOC(C(NN)c2ncccc2OC)C1. The second-order valence-electron chi connectivity index (χ2n) is 4.54. The van der Waals surface area contributed by atoms with E-state index < -0.39 is 0 Å². The first-order valence-corrected chi connectivity index (χ1v) is 6.59. The fourth-order valence-corrected chi connectivity index (χ4v) is 2.39. The number of likely N-dealkylation sites (N-methyl/N-ethyl adjacent to an activating group) is 1. The molecule has 19 heavy (non-hydrogen) atoms. The highest BCUT2D eigenvalue weighted by molar-refractivity contribution is 5.30. The van der Waals surface area contributed by atoms with Crippen LogP contribution >= 0.6 is 0 Å². The van der Waals surface area contributed by atoms with Crippen molar-refractivity contribution in [3.63, 3.8) is 0 Å². The van der Waals surface area contributed by atoms with Gasteiger partial charge in [0.05, 0.1) is 25.9 Å². The van der Waals surface area contributed by atoms with Gasteiger partial charge in [-0.15, -0.1) is 0 Å². The Morgan fingerprint density at radius 2 is 2.53 bits per heavy atom. The van der Waals surface area contributed by atoms with Crippen molar-refractivity contribution in [2.24, 2.45) is 5.84 Å². The summed E-state index contributed by atoms with van der Waals surface area (Å²) in [6, 6.07) is 3.55. The summed E-state index contributed by atoms with van der Waals surface area (Å²) in [5.41, 5.74) is 3.60. The van der Waals surface area contributed by atoms with Crippen LogP contribution in [0.2, 0.25) is 0 Å². The molecule has 0 aromatic carbocycles. The first kappa shape index (κ1) is 14.2. The molecule has 3 N–H and O–H groups in total. The minimum Gasteiger partial charge on any atom is -0.495 e. The van der Waals surface area contributed by atoms with Crippen LogP contribution in [0.3, 0.4) is 0 Å². The lowest BCUT2D eigenvalue weighted by molar-refractivity contribution is -0.0466. The maximum Gasteiger partial charge on any atom is 0.142 e. The van der Waals surface area contributed by atoms with Gasteiger partial charge in [0.25, 0.3) is 0 Å². The number of hydrazine groups is 1. The summed E-state index contributed by atoms with van der Waals surface area (Å²) in [5, 5.41) is 0. The monoisotopic (exact) mass is 266 g/mol. The lowest BCUT2D eigenvalue weighted by Gasteiger charge is -2.36. The van der Waals surface area contributed by atoms with E-state index >= 15 is 0 Å². The third-order valence-corrected chi connectivity index (χ3v) is 3.49. The van der Waals surface area contributed by atoms with Crippen LogP contribution in [0.4, 0.5) is 0 Å². The summed E-state index contributed by atoms with van der Waals surface area (Å²) in [6.45, 7) is 5.67. The van der Waals surface area contributed by atoms with Gasteiger partial charge in [-0.05, 0) is 18.7 Å². The predicted molar refractivity (Wildman–Crippen MR) is 72.7 cm³/mol. The molecule has 2 rings (SSSR count). The molecule has 0 amide bonds. The van der Waals surface area contributed by atoms with Gasteiger partial charge >= 0.3 is 0 Å². The molecule has 1 aromatic rings. The Kier molecular flexibility index (Phi) is 5.09. The van der Waals surface area contributed by atoms with Crippen molar-refractivity contribution in [1.82, 2.24) is 15.3 Å². The van der Waals surface area contributed by atoms with Gasteiger partial charge in [0.2, 0.25) is 0 Å². The molecule has 1 fully saturated rings. The van der Waals surface area contributed by atoms with E-state index in [0.717, 1.165) is 31.1 Å². The molecule has 0 bridgehead atoms. The number of morpholine rings is 1. The molecule has 0 radical (unpaired) electrons. The van der Waals surface area contributed by atoms with Crippen LogP contribution in [-0.2, 0) is 4.74 Å². The number of nitrogens with two attached hydrogens (primary N) is 1. The van der Waals surface area contributed by atoms with Crippen LogP contribution in [0.25, 0.3) is 0 Å². The van der Waals surface area contributed by atoms with Gasteiger partial charge in [0.1, 0.15) is 11.4 Å². The molecular weight excluding hydrogens is 244 g/mol. The second kappa shape index (κ2) is 6.81. The van der Waals surface area contributed by atoms with E-state index in [1.807, 2.05) is 12.1 Å². The lowest BCUT2D eigenvalue weighted by Crippen LogP contribution is -2.49. The zero-order valence-electron chi connectivity index (χ0n) is 11.5. The number of hydrogen-bond donors (Lipinski definition) is 2. The summed E-state index contributed by atoms with van der Waals surface area (Å²) in [5.74, 6) is 6.43. The first-order chi connectivity index (χ1) is 9.30. The molecule has 1 aliphatic heterocycles. The topological polar surface area (TPSA) is 72.6 Å². The van der Waals surface area contributed by atoms with Crippen molar-refractivity contribution >= 4 is 0 Å². The van der Waals surface area contributed by atoms with E-state index in [1.165, 1.54) is 0 Å². The van der Waals surface area contributed by atoms with E-state index in [4.69, 9.17) is 15.3 Å². The maximum absolute atomic E-state index is 5.84. The zero-order valence-corrected chi connectivity index (χ0v) is 11.5. The van der Waals surface area contributed by atoms with E-state index in [0.29, 0.717) is 6.61 Å². The minimum atomic E-state index is -0.175. The highest BCUT2D eigenvalue weighted by Crippen LogP contribution is 2.27. The molecule has 1 saturated heterocycles. The fourth-order valence-electron chi connectivity index (χ4n) is 2.39. The van der Waals surface area contributed by atoms with Crippen molar-refractivity contribution in [3.05, 3.63) is 24.0 Å². The molecule has 106 valence electrons. The van der Waals surface area contributed by atoms with Crippen molar-refractivity contribution in [2.75, 3.05) is 33.4 Å². The minimum absolute atomic E-state index is 0.0255. The first-order valence-electron chi connectivity index (χ1n) is 6.59. The third-order valence-electron chi connectivity index (χ3n) is 3.49. The number of nitrogens with zero attached hydrogens (tertiary/aromatic N) is 2. The summed E-state index contributed by atoms with van der Waals surface area (Å²) in [7, 11) is 1.63. The van der Waals surface area contributed by atoms with Crippen molar-refractivity contribution in [2.45, 2.75) is 19.1 Å². The third kappa shape index (κ3) is 3.22. The van der Waals surface area contributed by atoms with Gasteiger partial charge in [-0.3, -0.25) is 15.7 Å². The standard InChI is InChI=1S/C13H22N4O2/c1-3-17-7-8-19-11(9-17)13(16-14)12-10(18-2)5-4-6-15-12/h4-6,11,13,16H,3,7-9,14H2,1-2H3. The maximum atomic E-state index is 5.84. The number of aromatic nitrogens is 1. The van der Waals surface area contributed by atoms with Crippen molar-refractivity contribution in [1.29, 1.82) is 0 Å². The van der Waals surface area contributed by atoms with Gasteiger partial charge in [0, 0.05) is 19.3 Å². The summed E-state index contributed by atoms with van der Waals surface area (Å²) in [6.07, 6.45) is 1.71. The molecule has 6 nitrogen and oxygen atoms in total. The zero-order chi connectivity index (χ0) is 13.7. The summed E-state index contributed by atoms with van der Waals surface area (Å²) >= 11 is 0. The molecule has 1 aliphatic rings. The summed E-state index contributed by atoms with van der Waals surface area (Å²) < 4.78 is 11.2. The van der Waals surface area contributed by atoms with Crippen LogP contribution < -0.4 is 16.0 Å². The number of nitrogens with one attached hydrogen (secondary N) is 1. The normalized spacial score (nSPS) is 22.2. The van der Waals surface area contributed by atoms with Gasteiger partial charge in [-0.1, -0.05) is 6.92 Å². The fraction of sp³-hybridized carbons (Fsp3) is 0.615. The molecular formula is C13H22N4O2. The van der Waals surface area contributed by atoms with Crippen LogP contribution in [0.5, 0.6) is 5.75 Å². The molecule has 0 spiro atoms. The second-order valence-corrected chi connectivity index (χ2v) is 4.54. The average molecular weight is 266 g/mol. The molecule has 2 unspecified atom stereocenters. The van der Waals surface area contributed by atoms with Crippen LogP contribution in [0, 0.1) is 0 Å². The molecule has 0 saturated carbocycles. The smallest absolute Gasteiger partial charge is 0.142 e. The van der Waals surface area contributed by atoms with Gasteiger partial charge < -0.3 is 9.47 Å². The Morgan fingerprint density at radius 3 is 3.21 bits per heavy atom. The lowest BCUT2D eigenvalue weighted by atomic mass is 10.0. The quantitative estimate of drug-likeness (QED) is 0.590. The largest absolute Gasteiger partial charge is 0.495 e. The van der Waals surface area contributed by atoms with Gasteiger partial charge in [0.15, 0.2) is 0 Å². The average Bonchev–Trinajstić information content (AvgIpc) is 2.49. The number of rotatable bonds is 5. The predicted octanol–water partition coefficient (Wildman–Crippen LogP) is 0.315. The van der Waals surface area contributed by atoms with Gasteiger partial charge in [-0.25, -0.2) is 5.43 Å². The summed E-state index contributed by atoms with van der Waals surface area (Å²) in [4.78, 5) is 6.72. The van der Waals surface area contributed by atoms with Crippen LogP contribution in [0.1, 0.15) is 18.7 Å². The van der Waals surface area contributed by atoms with Crippen molar-refractivity contribution in [3.8, 4) is 5.75 Å². The number of ether oxygens (including phenoxy) is 2. The molecule has 2 atom stereocenters. The molecule has 0 aliphatic carbocycles. The van der Waals surface area contributed by atoms with Crippen LogP contribution in [-0.4, -0.2) is 49.3 Å². The van der Waals surface area contributed by atoms with Crippen LogP contribution in [0.15, 0.2) is 18.3 Å². The van der Waals surface area contributed by atoms with E-state index in [2.05, 4.69) is 22.2 Å². The Hall–Kier alpha value is -1.21. The Bertz CT molecular complexity index is 402. The van der Waals surface area contributed by atoms with E-state index in [-0.39, 0.29) is 12.1 Å². The number of methoxy groups -OCH3 is 1. The Labute approximate surface area is 113 Å². The van der Waals surface area contributed by atoms with Gasteiger partial charge in [-0.2, -0.15) is 0 Å². The molecule has 1 aromatic heterocycles. The Morgan fingerprint density at radius 1 is 1.68 bits per heavy atom. The molecule has 2 heterocycles. The van der Waals surface area contributed by atoms with Crippen molar-refractivity contribution < 1.29 is 9.47 Å². The number of pyridine rings is 1. The van der Waals surface area contributed by atoms with E-state index in [9.17, 15) is 0 Å². The highest BCUT2D eigenvalue weighted by Gasteiger charge is 2.30. The molecule has 6 heteroatoms. The highest BCUT2D eigenvalue weighted by atomic mass is 16.5. The van der Waals surface area contributed by atoms with E-state index in [1.54, 1.807) is 13.3 Å². The Balaban J connectivity index is 2.19. The number of hydrogen-bond acceptors (Lipinski definition) is 6.